The molecule has 0 radical (unpaired) electrons. The second-order valence-corrected chi connectivity index (χ2v) is 11.2. The van der Waals surface area contributed by atoms with Crippen LogP contribution < -0.4 is 14.4 Å². The van der Waals surface area contributed by atoms with E-state index in [0.29, 0.717) is 39.3 Å². The van der Waals surface area contributed by atoms with E-state index in [0.717, 1.165) is 70.9 Å². The molecule has 2 unspecified atom stereocenters. The summed E-state index contributed by atoms with van der Waals surface area (Å²) < 4.78 is 23.8. The van der Waals surface area contributed by atoms with Crippen LogP contribution in [0.4, 0.5) is 10.5 Å². The number of H-pyrrole nitrogens is 1. The van der Waals surface area contributed by atoms with E-state index in [4.69, 9.17) is 18.9 Å². The van der Waals surface area contributed by atoms with E-state index >= 15 is 0 Å². The fourth-order valence-electron chi connectivity index (χ4n) is 6.09. The Balaban J connectivity index is 1.13. The van der Waals surface area contributed by atoms with E-state index in [1.807, 2.05) is 42.6 Å². The number of carbonyl (C=O) groups is 1. The molecule has 43 heavy (non-hydrogen) atoms. The normalized spacial score (nSPS) is 18.3. The highest BCUT2D eigenvalue weighted by molar-refractivity contribution is 5.85. The fourth-order valence-corrected chi connectivity index (χ4v) is 6.09. The molecule has 9 nitrogen and oxygen atoms in total. The molecule has 1 saturated heterocycles. The molecule has 0 saturated carbocycles. The molecule has 9 heteroatoms. The van der Waals surface area contributed by atoms with E-state index < -0.39 is 6.09 Å². The van der Waals surface area contributed by atoms with Crippen molar-refractivity contribution >= 4 is 22.7 Å². The largest absolute Gasteiger partial charge is 0.490 e. The number of piperidine rings is 1. The minimum absolute atomic E-state index is 0.0886. The molecule has 226 valence electrons. The molecule has 1 aromatic heterocycles. The zero-order valence-corrected chi connectivity index (χ0v) is 24.5. The first kappa shape index (κ1) is 28.9. The van der Waals surface area contributed by atoms with E-state index in [2.05, 4.69) is 40.2 Å². The third kappa shape index (κ3) is 6.73. The first-order valence-electron chi connectivity index (χ1n) is 15.0. The molecule has 0 aliphatic carbocycles. The molecule has 6 rings (SSSR count). The topological polar surface area (TPSA) is 96.5 Å². The summed E-state index contributed by atoms with van der Waals surface area (Å²) in [6.45, 7) is 4.80. The predicted molar refractivity (Wildman–Crippen MR) is 165 cm³/mol. The number of ether oxygens (including phenoxy) is 4. The van der Waals surface area contributed by atoms with Crippen LogP contribution in [0.15, 0.2) is 72.9 Å². The molecule has 0 spiro atoms. The van der Waals surface area contributed by atoms with Gasteiger partial charge in [-0.25, -0.2) is 4.79 Å². The molecule has 2 N–H and O–H groups in total. The Labute approximate surface area is 251 Å². The number of nitrogens with one attached hydrogen (secondary N) is 1. The molecule has 0 bridgehead atoms. The molecule has 3 heterocycles. The Hall–Kier alpha value is -4.21. The minimum Gasteiger partial charge on any atom is -0.490 e. The highest BCUT2D eigenvalue weighted by Gasteiger charge is 2.33. The molecule has 1 fully saturated rings. The van der Waals surface area contributed by atoms with Crippen LogP contribution in [0, 0.1) is 0 Å². The van der Waals surface area contributed by atoms with Crippen molar-refractivity contribution in [1.29, 1.82) is 0 Å². The van der Waals surface area contributed by atoms with Gasteiger partial charge >= 0.3 is 6.09 Å². The minimum atomic E-state index is -0.908. The highest BCUT2D eigenvalue weighted by Crippen LogP contribution is 2.35. The quantitative estimate of drug-likeness (QED) is 0.207. The summed E-state index contributed by atoms with van der Waals surface area (Å²) in [6.07, 6.45) is 2.39. The predicted octanol–water partition coefficient (Wildman–Crippen LogP) is 6.03. The monoisotopic (exact) mass is 585 g/mol. The number of aromatic nitrogens is 1. The number of hydrogen-bond donors (Lipinski definition) is 2. The van der Waals surface area contributed by atoms with Crippen molar-refractivity contribution in [2.24, 2.45) is 0 Å². The van der Waals surface area contributed by atoms with Crippen molar-refractivity contribution in [2.75, 3.05) is 51.4 Å². The smallest absolute Gasteiger partial charge is 0.407 e. The number of nitrogens with zero attached hydrogens (tertiary/aromatic N) is 2. The van der Waals surface area contributed by atoms with Crippen molar-refractivity contribution in [2.45, 2.75) is 38.1 Å². The van der Waals surface area contributed by atoms with E-state index in [9.17, 15) is 9.90 Å². The Morgan fingerprint density at radius 3 is 2.74 bits per heavy atom. The first-order chi connectivity index (χ1) is 21.1. The summed E-state index contributed by atoms with van der Waals surface area (Å²) in [6, 6.07) is 22.6. The van der Waals surface area contributed by atoms with Gasteiger partial charge < -0.3 is 38.8 Å². The standard InChI is InChI=1S/C34H39N3O6/c1-40-18-3-15-36-17-19-41-32-11-8-25(20-30(32)36)23-43-33-21-37(34(38)39)16-13-27(33)26-9-6-24(7-10-26)22-42-31-5-2-4-29-28(31)12-14-35-29/h2,4-12,14,20,27,33,35H,3,13,15-19,21-23H2,1H3,(H,38,39). The second kappa shape index (κ2) is 13.4. The van der Waals surface area contributed by atoms with Crippen LogP contribution in [0.1, 0.15) is 35.4 Å². The van der Waals surface area contributed by atoms with Crippen LogP contribution in [-0.2, 0) is 22.7 Å². The van der Waals surface area contributed by atoms with Crippen molar-refractivity contribution in [3.05, 3.63) is 89.6 Å². The van der Waals surface area contributed by atoms with E-state index in [-0.39, 0.29) is 12.0 Å². The number of fused-ring (bicyclic) bond motifs is 2. The summed E-state index contributed by atoms with van der Waals surface area (Å²) in [7, 11) is 1.72. The maximum absolute atomic E-state index is 11.8. The maximum atomic E-state index is 11.8. The van der Waals surface area contributed by atoms with Gasteiger partial charge in [-0.05, 0) is 59.9 Å². The molecule has 2 aliphatic rings. The average Bonchev–Trinajstić information content (AvgIpc) is 3.53. The number of carboxylic acid groups (broad SMARTS) is 1. The SMILES string of the molecule is COCCCN1CCOc2ccc(COC3CN(C(=O)O)CCC3c3ccc(COc4cccc5[nH]ccc45)cc3)cc21. The Morgan fingerprint density at radius 1 is 1.05 bits per heavy atom. The van der Waals surface area contributed by atoms with Crippen molar-refractivity contribution < 1.29 is 28.8 Å². The van der Waals surface area contributed by atoms with Crippen LogP contribution in [0.5, 0.6) is 11.5 Å². The van der Waals surface area contributed by atoms with Crippen molar-refractivity contribution in [1.82, 2.24) is 9.88 Å². The molecule has 2 atom stereocenters. The van der Waals surface area contributed by atoms with Crippen LogP contribution in [-0.4, -0.2) is 73.7 Å². The zero-order chi connectivity index (χ0) is 29.6. The van der Waals surface area contributed by atoms with Gasteiger partial charge in [0, 0.05) is 49.8 Å². The zero-order valence-electron chi connectivity index (χ0n) is 24.5. The maximum Gasteiger partial charge on any atom is 0.407 e. The number of rotatable bonds is 11. The van der Waals surface area contributed by atoms with Crippen LogP contribution >= 0.6 is 0 Å². The molecular formula is C34H39N3O6. The highest BCUT2D eigenvalue weighted by atomic mass is 16.5. The fraction of sp³-hybridized carbons (Fsp3) is 0.382. The van der Waals surface area contributed by atoms with Crippen LogP contribution in [0.3, 0.4) is 0 Å². The van der Waals surface area contributed by atoms with Gasteiger partial charge in [-0.3, -0.25) is 0 Å². The lowest BCUT2D eigenvalue weighted by atomic mass is 9.86. The number of hydrogen-bond acceptors (Lipinski definition) is 6. The number of aromatic amines is 1. The summed E-state index contributed by atoms with van der Waals surface area (Å²) in [4.78, 5) is 18.9. The summed E-state index contributed by atoms with van der Waals surface area (Å²) >= 11 is 0. The average molecular weight is 586 g/mol. The van der Waals surface area contributed by atoms with Crippen LogP contribution in [0.25, 0.3) is 10.9 Å². The van der Waals surface area contributed by atoms with Gasteiger partial charge in [-0.15, -0.1) is 0 Å². The molecule has 3 aromatic carbocycles. The molecule has 2 aliphatic heterocycles. The van der Waals surface area contributed by atoms with E-state index in [1.165, 1.54) is 4.90 Å². The van der Waals surface area contributed by atoms with Crippen molar-refractivity contribution in [3.63, 3.8) is 0 Å². The summed E-state index contributed by atoms with van der Waals surface area (Å²) in [5, 5.41) is 10.8. The van der Waals surface area contributed by atoms with E-state index in [1.54, 1.807) is 7.11 Å². The molecular weight excluding hydrogens is 546 g/mol. The lowest BCUT2D eigenvalue weighted by Gasteiger charge is -2.37. The number of amides is 1. The van der Waals surface area contributed by atoms with Gasteiger partial charge in [0.1, 0.15) is 24.7 Å². The number of benzene rings is 3. The summed E-state index contributed by atoms with van der Waals surface area (Å²) in [5.74, 6) is 1.82. The lowest BCUT2D eigenvalue weighted by Crippen LogP contribution is -2.46. The number of anilines is 1. The lowest BCUT2D eigenvalue weighted by molar-refractivity contribution is -0.0199. The van der Waals surface area contributed by atoms with Crippen LogP contribution in [0.2, 0.25) is 0 Å². The Bertz CT molecular complexity index is 1520. The third-order valence-corrected chi connectivity index (χ3v) is 8.41. The first-order valence-corrected chi connectivity index (χ1v) is 15.0. The number of likely N-dealkylation sites (tertiary alicyclic amines) is 1. The number of methoxy groups -OCH3 is 1. The summed E-state index contributed by atoms with van der Waals surface area (Å²) in [5.41, 5.74) is 5.38. The Morgan fingerprint density at radius 2 is 1.91 bits per heavy atom. The van der Waals surface area contributed by atoms with Gasteiger partial charge in [0.15, 0.2) is 0 Å². The molecule has 1 amide bonds. The van der Waals surface area contributed by atoms with Gasteiger partial charge in [0.2, 0.25) is 0 Å². The molecule has 4 aromatic rings. The van der Waals surface area contributed by atoms with Gasteiger partial charge in [-0.2, -0.15) is 0 Å². The third-order valence-electron chi connectivity index (χ3n) is 8.41. The second-order valence-electron chi connectivity index (χ2n) is 11.2. The van der Waals surface area contributed by atoms with Gasteiger partial charge in [0.25, 0.3) is 0 Å². The van der Waals surface area contributed by atoms with Gasteiger partial charge in [0.05, 0.1) is 31.5 Å². The van der Waals surface area contributed by atoms with Crippen molar-refractivity contribution in [3.8, 4) is 11.5 Å². The Kier molecular flexibility index (Phi) is 9.00. The van der Waals surface area contributed by atoms with Gasteiger partial charge in [-0.1, -0.05) is 36.4 Å².